The molecule has 1 aromatic rings. The molecule has 0 spiro atoms. The molecule has 0 aromatic carbocycles. The Morgan fingerprint density at radius 3 is 3.00 bits per heavy atom. The van der Waals surface area contributed by atoms with Crippen LogP contribution in [0.1, 0.15) is 40.6 Å². The van der Waals surface area contributed by atoms with Gasteiger partial charge in [0.25, 0.3) is 0 Å². The third-order valence-corrected chi connectivity index (χ3v) is 5.59. The maximum absolute atomic E-state index is 12.2. The van der Waals surface area contributed by atoms with Crippen LogP contribution in [0.2, 0.25) is 0 Å². The summed E-state index contributed by atoms with van der Waals surface area (Å²) in [6.07, 6.45) is 6.27. The third-order valence-electron chi connectivity index (χ3n) is 3.44. The second kappa shape index (κ2) is 8.74. The van der Waals surface area contributed by atoms with Crippen molar-refractivity contribution in [3.05, 3.63) is 16.0 Å². The highest BCUT2D eigenvalue weighted by atomic mass is 32.2. The number of fused-ring (bicyclic) bond motifs is 1. The fraction of sp³-hybridized carbons (Fsp3) is 0.600. The van der Waals surface area contributed by atoms with Crippen molar-refractivity contribution in [1.29, 1.82) is 0 Å². The van der Waals surface area contributed by atoms with Crippen LogP contribution in [0.15, 0.2) is 0 Å². The first-order valence-electron chi connectivity index (χ1n) is 7.52. The molecule has 1 heterocycles. The molecule has 22 heavy (non-hydrogen) atoms. The summed E-state index contributed by atoms with van der Waals surface area (Å²) in [5.74, 6) is 0.867. The van der Waals surface area contributed by atoms with Crippen molar-refractivity contribution in [1.82, 2.24) is 5.32 Å². The minimum absolute atomic E-state index is 0.241. The molecule has 0 radical (unpaired) electrons. The second-order valence-electron chi connectivity index (χ2n) is 5.01. The zero-order chi connectivity index (χ0) is 15.9. The van der Waals surface area contributed by atoms with Gasteiger partial charge in [0.2, 0.25) is 0 Å². The predicted octanol–water partition coefficient (Wildman–Crippen LogP) is 3.45. The van der Waals surface area contributed by atoms with E-state index in [0.717, 1.165) is 48.5 Å². The number of carbonyl (C=O) groups is 1. The molecule has 1 aromatic heterocycles. The number of rotatable bonds is 7. The first kappa shape index (κ1) is 17.6. The van der Waals surface area contributed by atoms with Gasteiger partial charge in [0.05, 0.1) is 12.2 Å². The second-order valence-corrected chi connectivity index (χ2v) is 7.51. The standard InChI is InChI=1S/C15H22N2O2S3/c1-3-19-14(18)12-10-6-4-7-11(10)22-13(12)17-15(20)16-8-5-9-21-2/h3-9H2,1-2H3,(H2,16,17,20). The van der Waals surface area contributed by atoms with Gasteiger partial charge in [0, 0.05) is 11.4 Å². The molecule has 2 rings (SSSR count). The number of anilines is 1. The predicted molar refractivity (Wildman–Crippen MR) is 99.5 cm³/mol. The Balaban J connectivity index is 2.04. The molecular formula is C15H22N2O2S3. The summed E-state index contributed by atoms with van der Waals surface area (Å²) in [6, 6.07) is 0. The topological polar surface area (TPSA) is 50.4 Å². The van der Waals surface area contributed by atoms with Crippen molar-refractivity contribution in [2.75, 3.05) is 30.5 Å². The molecule has 0 amide bonds. The number of thioether (sulfide) groups is 1. The number of nitrogens with one attached hydrogen (secondary N) is 2. The van der Waals surface area contributed by atoms with Gasteiger partial charge in [-0.25, -0.2) is 4.79 Å². The SMILES string of the molecule is CCOC(=O)c1c(NC(=S)NCCCSC)sc2c1CCC2. The molecule has 7 heteroatoms. The van der Waals surface area contributed by atoms with Crippen LogP contribution in [0.25, 0.3) is 0 Å². The van der Waals surface area contributed by atoms with Crippen molar-refractivity contribution in [2.45, 2.75) is 32.6 Å². The molecule has 0 bridgehead atoms. The van der Waals surface area contributed by atoms with Crippen molar-refractivity contribution < 1.29 is 9.53 Å². The number of carbonyl (C=O) groups excluding carboxylic acids is 1. The van der Waals surface area contributed by atoms with E-state index < -0.39 is 0 Å². The van der Waals surface area contributed by atoms with Crippen LogP contribution in [0.3, 0.4) is 0 Å². The van der Waals surface area contributed by atoms with Gasteiger partial charge in [-0.3, -0.25) is 0 Å². The fourth-order valence-corrected chi connectivity index (χ4v) is 4.46. The number of thiocarbonyl (C=S) groups is 1. The Morgan fingerprint density at radius 1 is 1.45 bits per heavy atom. The molecule has 2 N–H and O–H groups in total. The van der Waals surface area contributed by atoms with E-state index in [4.69, 9.17) is 17.0 Å². The number of hydrogen-bond donors (Lipinski definition) is 2. The first-order chi connectivity index (χ1) is 10.7. The van der Waals surface area contributed by atoms with Gasteiger partial charge in [-0.05, 0) is 62.4 Å². The lowest BCUT2D eigenvalue weighted by Crippen LogP contribution is -2.29. The van der Waals surface area contributed by atoms with Gasteiger partial charge in [-0.2, -0.15) is 11.8 Å². The lowest BCUT2D eigenvalue weighted by Gasteiger charge is -2.11. The van der Waals surface area contributed by atoms with Crippen LogP contribution in [-0.2, 0) is 17.6 Å². The van der Waals surface area contributed by atoms with E-state index in [1.165, 1.54) is 4.88 Å². The highest BCUT2D eigenvalue weighted by Gasteiger charge is 2.27. The first-order valence-corrected chi connectivity index (χ1v) is 10.1. The summed E-state index contributed by atoms with van der Waals surface area (Å²) in [5, 5.41) is 7.78. The van der Waals surface area contributed by atoms with E-state index in [0.29, 0.717) is 17.3 Å². The molecule has 0 saturated heterocycles. The minimum atomic E-state index is -0.241. The van der Waals surface area contributed by atoms with Crippen molar-refractivity contribution in [2.24, 2.45) is 0 Å². The van der Waals surface area contributed by atoms with Crippen molar-refractivity contribution in [3.63, 3.8) is 0 Å². The number of hydrogen-bond acceptors (Lipinski definition) is 5. The maximum atomic E-state index is 12.2. The molecule has 0 atom stereocenters. The zero-order valence-corrected chi connectivity index (χ0v) is 15.4. The summed E-state index contributed by atoms with van der Waals surface area (Å²) in [4.78, 5) is 13.5. The Hall–Kier alpha value is -0.790. The lowest BCUT2D eigenvalue weighted by molar-refractivity contribution is 0.0527. The maximum Gasteiger partial charge on any atom is 0.341 e. The zero-order valence-electron chi connectivity index (χ0n) is 13.0. The summed E-state index contributed by atoms with van der Waals surface area (Å²) < 4.78 is 5.21. The van der Waals surface area contributed by atoms with E-state index in [1.807, 2.05) is 18.7 Å². The molecule has 0 saturated carbocycles. The average Bonchev–Trinajstić information content (AvgIpc) is 3.04. The molecule has 1 aliphatic rings. The average molecular weight is 359 g/mol. The normalized spacial score (nSPS) is 12.8. The Bertz CT molecular complexity index is 543. The Kier molecular flexibility index (Phi) is 6.98. The minimum Gasteiger partial charge on any atom is -0.462 e. The summed E-state index contributed by atoms with van der Waals surface area (Å²) in [5.41, 5.74) is 1.84. The van der Waals surface area contributed by atoms with Gasteiger partial charge >= 0.3 is 5.97 Å². The number of thiophene rings is 1. The molecule has 4 nitrogen and oxygen atoms in total. The molecule has 0 aliphatic heterocycles. The van der Waals surface area contributed by atoms with Crippen LogP contribution >= 0.6 is 35.3 Å². The summed E-state index contributed by atoms with van der Waals surface area (Å²) >= 11 is 8.78. The molecule has 1 aliphatic carbocycles. The van der Waals surface area contributed by atoms with Crippen LogP contribution in [0.5, 0.6) is 0 Å². The molecule has 122 valence electrons. The number of esters is 1. The molecule has 0 fully saturated rings. The summed E-state index contributed by atoms with van der Waals surface area (Å²) in [6.45, 7) is 3.06. The van der Waals surface area contributed by atoms with Gasteiger partial charge in [0.15, 0.2) is 5.11 Å². The van der Waals surface area contributed by atoms with E-state index in [9.17, 15) is 4.79 Å². The van der Waals surface area contributed by atoms with Gasteiger partial charge in [0.1, 0.15) is 5.00 Å². The van der Waals surface area contributed by atoms with Crippen LogP contribution in [0, 0.1) is 0 Å². The largest absolute Gasteiger partial charge is 0.462 e. The summed E-state index contributed by atoms with van der Waals surface area (Å²) in [7, 11) is 0. The number of aryl methyl sites for hydroxylation is 1. The van der Waals surface area contributed by atoms with Gasteiger partial charge in [-0.1, -0.05) is 0 Å². The van der Waals surface area contributed by atoms with Crippen LogP contribution in [0.4, 0.5) is 5.00 Å². The van der Waals surface area contributed by atoms with Crippen molar-refractivity contribution >= 4 is 51.4 Å². The van der Waals surface area contributed by atoms with E-state index in [2.05, 4.69) is 16.9 Å². The van der Waals surface area contributed by atoms with E-state index >= 15 is 0 Å². The fourth-order valence-electron chi connectivity index (χ4n) is 2.48. The third kappa shape index (κ3) is 4.36. The quantitative estimate of drug-likeness (QED) is 0.442. The van der Waals surface area contributed by atoms with Gasteiger partial charge < -0.3 is 15.4 Å². The van der Waals surface area contributed by atoms with E-state index in [1.54, 1.807) is 11.3 Å². The van der Waals surface area contributed by atoms with Gasteiger partial charge in [-0.15, -0.1) is 11.3 Å². The Morgan fingerprint density at radius 2 is 2.27 bits per heavy atom. The monoisotopic (exact) mass is 358 g/mol. The molecule has 0 unspecified atom stereocenters. The van der Waals surface area contributed by atoms with Crippen molar-refractivity contribution in [3.8, 4) is 0 Å². The highest BCUT2D eigenvalue weighted by molar-refractivity contribution is 7.98. The smallest absolute Gasteiger partial charge is 0.341 e. The van der Waals surface area contributed by atoms with Crippen LogP contribution < -0.4 is 10.6 Å². The molecular weight excluding hydrogens is 336 g/mol. The lowest BCUT2D eigenvalue weighted by atomic mass is 10.1. The Labute approximate surface area is 145 Å². The van der Waals surface area contributed by atoms with Crippen LogP contribution in [-0.4, -0.2) is 36.2 Å². The number of ether oxygens (including phenoxy) is 1. The highest BCUT2D eigenvalue weighted by Crippen LogP contribution is 2.39. The van der Waals surface area contributed by atoms with E-state index in [-0.39, 0.29) is 5.97 Å².